The SMILES string of the molecule is NNC(c1cccc(Cl)c1)c1ccoc1Br. The van der Waals surface area contributed by atoms with Gasteiger partial charge in [-0.25, -0.2) is 5.43 Å². The lowest BCUT2D eigenvalue weighted by Crippen LogP contribution is -2.28. The zero-order valence-electron chi connectivity index (χ0n) is 8.28. The topological polar surface area (TPSA) is 51.2 Å². The van der Waals surface area contributed by atoms with Crippen molar-refractivity contribution in [2.45, 2.75) is 6.04 Å². The molecule has 3 N–H and O–H groups in total. The van der Waals surface area contributed by atoms with Crippen LogP contribution in [0.5, 0.6) is 0 Å². The molecule has 1 aromatic heterocycles. The van der Waals surface area contributed by atoms with Crippen molar-refractivity contribution in [3.63, 3.8) is 0 Å². The molecular weight excluding hydrogens is 291 g/mol. The van der Waals surface area contributed by atoms with Crippen LogP contribution in [0.3, 0.4) is 0 Å². The fraction of sp³-hybridized carbons (Fsp3) is 0.0909. The van der Waals surface area contributed by atoms with E-state index in [0.717, 1.165) is 11.1 Å². The van der Waals surface area contributed by atoms with E-state index in [1.807, 2.05) is 30.3 Å². The average molecular weight is 302 g/mol. The molecule has 0 fully saturated rings. The highest BCUT2D eigenvalue weighted by Gasteiger charge is 2.17. The Bertz CT molecular complexity index is 486. The van der Waals surface area contributed by atoms with Crippen LogP contribution in [0.4, 0.5) is 0 Å². The van der Waals surface area contributed by atoms with Gasteiger partial charge < -0.3 is 4.42 Å². The molecule has 0 saturated carbocycles. The highest BCUT2D eigenvalue weighted by Crippen LogP contribution is 2.29. The van der Waals surface area contributed by atoms with Crippen LogP contribution in [0.1, 0.15) is 17.2 Å². The largest absolute Gasteiger partial charge is 0.457 e. The van der Waals surface area contributed by atoms with Crippen LogP contribution < -0.4 is 11.3 Å². The van der Waals surface area contributed by atoms with Crippen molar-refractivity contribution in [2.24, 2.45) is 5.84 Å². The average Bonchev–Trinajstić information content (AvgIpc) is 2.67. The van der Waals surface area contributed by atoms with Gasteiger partial charge in [-0.15, -0.1) is 0 Å². The molecule has 16 heavy (non-hydrogen) atoms. The number of benzene rings is 1. The van der Waals surface area contributed by atoms with Crippen LogP contribution in [0, 0.1) is 0 Å². The van der Waals surface area contributed by atoms with Crippen molar-refractivity contribution in [1.82, 2.24) is 5.43 Å². The fourth-order valence-electron chi connectivity index (χ4n) is 1.56. The van der Waals surface area contributed by atoms with Crippen molar-refractivity contribution >= 4 is 27.5 Å². The Morgan fingerprint density at radius 3 is 2.75 bits per heavy atom. The first-order valence-corrected chi connectivity index (χ1v) is 5.84. The maximum absolute atomic E-state index is 5.94. The normalized spacial score (nSPS) is 12.7. The predicted octanol–water partition coefficient (Wildman–Crippen LogP) is 3.25. The van der Waals surface area contributed by atoms with Crippen molar-refractivity contribution < 1.29 is 4.42 Å². The number of halogens is 2. The second kappa shape index (κ2) is 5.01. The molecule has 0 aliphatic heterocycles. The Morgan fingerprint density at radius 2 is 2.19 bits per heavy atom. The third-order valence-electron chi connectivity index (χ3n) is 2.31. The number of hydrazine groups is 1. The summed E-state index contributed by atoms with van der Waals surface area (Å²) in [5.41, 5.74) is 4.66. The van der Waals surface area contributed by atoms with E-state index < -0.39 is 0 Å². The summed E-state index contributed by atoms with van der Waals surface area (Å²) < 4.78 is 5.85. The van der Waals surface area contributed by atoms with Gasteiger partial charge in [-0.1, -0.05) is 23.7 Å². The third-order valence-corrected chi connectivity index (χ3v) is 3.19. The molecule has 0 bridgehead atoms. The maximum Gasteiger partial charge on any atom is 0.174 e. The van der Waals surface area contributed by atoms with Gasteiger partial charge in [-0.3, -0.25) is 5.84 Å². The number of furan rings is 1. The van der Waals surface area contributed by atoms with Gasteiger partial charge in [0.05, 0.1) is 12.3 Å². The Balaban J connectivity index is 2.40. The zero-order chi connectivity index (χ0) is 11.5. The Morgan fingerprint density at radius 1 is 1.38 bits per heavy atom. The Labute approximate surface area is 107 Å². The summed E-state index contributed by atoms with van der Waals surface area (Å²) in [6.45, 7) is 0. The van der Waals surface area contributed by atoms with E-state index in [2.05, 4.69) is 21.4 Å². The fourth-order valence-corrected chi connectivity index (χ4v) is 2.23. The summed E-state index contributed by atoms with van der Waals surface area (Å²) in [5, 5.41) is 0.678. The molecule has 3 nitrogen and oxygen atoms in total. The minimum Gasteiger partial charge on any atom is -0.457 e. The van der Waals surface area contributed by atoms with Gasteiger partial charge in [0.15, 0.2) is 4.67 Å². The van der Waals surface area contributed by atoms with Crippen LogP contribution in [-0.4, -0.2) is 0 Å². The number of nitrogens with two attached hydrogens (primary N) is 1. The van der Waals surface area contributed by atoms with Crippen molar-refractivity contribution in [2.75, 3.05) is 0 Å². The van der Waals surface area contributed by atoms with Gasteiger partial charge in [-0.2, -0.15) is 0 Å². The van der Waals surface area contributed by atoms with E-state index in [4.69, 9.17) is 21.9 Å². The molecule has 0 saturated heterocycles. The second-order valence-corrected chi connectivity index (χ2v) is 4.46. The predicted molar refractivity (Wildman–Crippen MR) is 67.0 cm³/mol. The molecule has 5 heteroatoms. The van der Waals surface area contributed by atoms with Crippen LogP contribution in [0.2, 0.25) is 5.02 Å². The van der Waals surface area contributed by atoms with Crippen molar-refractivity contribution in [3.05, 3.63) is 57.4 Å². The molecule has 0 aliphatic carbocycles. The van der Waals surface area contributed by atoms with E-state index in [-0.39, 0.29) is 6.04 Å². The van der Waals surface area contributed by atoms with Crippen molar-refractivity contribution in [3.8, 4) is 0 Å². The lowest BCUT2D eigenvalue weighted by molar-refractivity contribution is 0.527. The zero-order valence-corrected chi connectivity index (χ0v) is 10.6. The van der Waals surface area contributed by atoms with Gasteiger partial charge in [0.1, 0.15) is 0 Å². The third kappa shape index (κ3) is 2.30. The number of nitrogens with one attached hydrogen (secondary N) is 1. The summed E-state index contributed by atoms with van der Waals surface area (Å²) in [7, 11) is 0. The molecule has 1 heterocycles. The molecule has 0 spiro atoms. The first-order chi connectivity index (χ1) is 7.72. The standard InChI is InChI=1S/C11H10BrClN2O/c12-11-9(4-5-16-11)10(15-14)7-2-1-3-8(13)6-7/h1-6,10,15H,14H2. The van der Waals surface area contributed by atoms with Crippen LogP contribution in [-0.2, 0) is 0 Å². The molecule has 2 aromatic rings. The first-order valence-electron chi connectivity index (χ1n) is 4.67. The molecule has 2 rings (SSSR count). The van der Waals surface area contributed by atoms with Gasteiger partial charge >= 0.3 is 0 Å². The highest BCUT2D eigenvalue weighted by molar-refractivity contribution is 9.10. The summed E-state index contributed by atoms with van der Waals surface area (Å²) in [4.78, 5) is 0. The molecule has 1 aromatic carbocycles. The minimum atomic E-state index is -0.146. The minimum absolute atomic E-state index is 0.146. The molecule has 1 atom stereocenters. The summed E-state index contributed by atoms with van der Waals surface area (Å²) in [6, 6.07) is 9.24. The van der Waals surface area contributed by atoms with E-state index >= 15 is 0 Å². The van der Waals surface area contributed by atoms with E-state index in [9.17, 15) is 0 Å². The lowest BCUT2D eigenvalue weighted by atomic mass is 10.0. The van der Waals surface area contributed by atoms with Crippen LogP contribution in [0.25, 0.3) is 0 Å². The number of hydrogen-bond donors (Lipinski definition) is 2. The summed E-state index contributed by atoms with van der Waals surface area (Å²) in [6.07, 6.45) is 1.61. The molecule has 0 radical (unpaired) electrons. The summed E-state index contributed by atoms with van der Waals surface area (Å²) >= 11 is 9.27. The molecule has 0 amide bonds. The van der Waals surface area contributed by atoms with Gasteiger partial charge in [-0.05, 0) is 39.7 Å². The molecule has 1 unspecified atom stereocenters. The highest BCUT2D eigenvalue weighted by atomic mass is 79.9. The number of hydrogen-bond acceptors (Lipinski definition) is 3. The summed E-state index contributed by atoms with van der Waals surface area (Å²) in [5.74, 6) is 5.56. The van der Waals surface area contributed by atoms with Crippen LogP contribution >= 0.6 is 27.5 Å². The van der Waals surface area contributed by atoms with Crippen LogP contribution in [0.15, 0.2) is 45.7 Å². The smallest absolute Gasteiger partial charge is 0.174 e. The molecule has 0 aliphatic rings. The van der Waals surface area contributed by atoms with Gasteiger partial charge in [0.2, 0.25) is 0 Å². The number of rotatable bonds is 3. The van der Waals surface area contributed by atoms with E-state index in [1.54, 1.807) is 6.26 Å². The van der Waals surface area contributed by atoms with E-state index in [1.165, 1.54) is 0 Å². The van der Waals surface area contributed by atoms with E-state index in [0.29, 0.717) is 9.69 Å². The second-order valence-electron chi connectivity index (χ2n) is 3.30. The first kappa shape index (κ1) is 11.7. The lowest BCUT2D eigenvalue weighted by Gasteiger charge is -2.15. The van der Waals surface area contributed by atoms with Gasteiger partial charge in [0, 0.05) is 10.6 Å². The van der Waals surface area contributed by atoms with Gasteiger partial charge in [0.25, 0.3) is 0 Å². The molecule has 84 valence electrons. The maximum atomic E-state index is 5.94. The Hall–Kier alpha value is -0.810. The Kier molecular flexibility index (Phi) is 3.66. The van der Waals surface area contributed by atoms with Crippen molar-refractivity contribution in [1.29, 1.82) is 0 Å². The molecular formula is C11H10BrClN2O. The monoisotopic (exact) mass is 300 g/mol. The quantitative estimate of drug-likeness (QED) is 0.676.